The molecule has 1 aliphatic heterocycles. The number of carboxylic acids is 1. The van der Waals surface area contributed by atoms with Gasteiger partial charge in [0.05, 0.1) is 4.90 Å². The van der Waals surface area contributed by atoms with Crippen LogP contribution in [-0.4, -0.2) is 54.9 Å². The molecule has 1 atom stereocenters. The zero-order chi connectivity index (χ0) is 27.4. The van der Waals surface area contributed by atoms with Crippen LogP contribution in [0, 0.1) is 5.41 Å². The van der Waals surface area contributed by atoms with Gasteiger partial charge in [-0.05, 0) is 41.0 Å². The molecule has 0 bridgehead atoms. The minimum atomic E-state index is -5.08. The highest BCUT2D eigenvalue weighted by Crippen LogP contribution is 2.22. The molecular formula is C24H23F3N4O5S. The van der Waals surface area contributed by atoms with Crippen molar-refractivity contribution in [3.8, 4) is 0 Å². The molecule has 0 spiro atoms. The summed E-state index contributed by atoms with van der Waals surface area (Å²) in [5.74, 6) is -3.05. The number of nitrogen functional groups attached to an aromatic ring is 1. The number of benzene rings is 3. The Morgan fingerprint density at radius 1 is 1.08 bits per heavy atom. The number of sulfonamides is 1. The smallest absolute Gasteiger partial charge is 0.475 e. The summed E-state index contributed by atoms with van der Waals surface area (Å²) in [6.45, 7) is 0.794. The van der Waals surface area contributed by atoms with E-state index in [0.717, 1.165) is 16.3 Å². The number of hydrogen-bond donors (Lipinski definition) is 4. The van der Waals surface area contributed by atoms with Crippen LogP contribution in [0.2, 0.25) is 0 Å². The molecule has 9 nitrogen and oxygen atoms in total. The quantitative estimate of drug-likeness (QED) is 0.281. The largest absolute Gasteiger partial charge is 0.490 e. The average molecular weight is 537 g/mol. The lowest BCUT2D eigenvalue weighted by Gasteiger charge is -2.18. The zero-order valence-corrected chi connectivity index (χ0v) is 20.0. The number of carboxylic acid groups (broad SMARTS) is 1. The van der Waals surface area contributed by atoms with Gasteiger partial charge in [-0.2, -0.15) is 17.9 Å². The van der Waals surface area contributed by atoms with Crippen LogP contribution in [0.4, 0.5) is 13.2 Å². The first-order valence-electron chi connectivity index (χ1n) is 10.8. The standard InChI is InChI=1S/C22H22N4O3S.C2HF3O2/c23-21(24)18-7-3-4-15(12-18)14-26-11-10-20(22(26)27)25-30(28,29)19-9-8-16-5-1-2-6-17(16)13-19;3-2(4,5)1(6)7/h1-9,12-13,20,25H,10-11,14H2,(H3,23,24);(H,6,7). The summed E-state index contributed by atoms with van der Waals surface area (Å²) in [6, 6.07) is 18.8. The molecule has 13 heteroatoms. The minimum Gasteiger partial charge on any atom is -0.475 e. The molecule has 0 aliphatic carbocycles. The van der Waals surface area contributed by atoms with Gasteiger partial charge in [-0.3, -0.25) is 10.2 Å². The maximum absolute atomic E-state index is 12.8. The number of amidine groups is 1. The third-order valence-electron chi connectivity index (χ3n) is 5.48. The van der Waals surface area contributed by atoms with Crippen LogP contribution in [-0.2, 0) is 26.2 Å². The Morgan fingerprint density at radius 3 is 2.35 bits per heavy atom. The highest BCUT2D eigenvalue weighted by atomic mass is 32.2. The highest BCUT2D eigenvalue weighted by molar-refractivity contribution is 7.89. The summed E-state index contributed by atoms with van der Waals surface area (Å²) in [5.41, 5.74) is 6.96. The van der Waals surface area contributed by atoms with Crippen molar-refractivity contribution in [1.29, 1.82) is 5.41 Å². The van der Waals surface area contributed by atoms with E-state index in [1.165, 1.54) is 0 Å². The summed E-state index contributed by atoms with van der Waals surface area (Å²) in [6.07, 6.45) is -4.68. The highest BCUT2D eigenvalue weighted by Gasteiger charge is 2.38. The second-order valence-electron chi connectivity index (χ2n) is 8.15. The topological polar surface area (TPSA) is 154 Å². The number of carbonyl (C=O) groups is 2. The van der Waals surface area contributed by atoms with E-state index in [9.17, 15) is 26.4 Å². The molecule has 5 N–H and O–H groups in total. The van der Waals surface area contributed by atoms with Gasteiger partial charge in [0.2, 0.25) is 15.9 Å². The fraction of sp³-hybridized carbons (Fsp3) is 0.208. The van der Waals surface area contributed by atoms with Crippen molar-refractivity contribution in [2.45, 2.75) is 30.1 Å². The van der Waals surface area contributed by atoms with Crippen LogP contribution in [0.15, 0.2) is 71.6 Å². The van der Waals surface area contributed by atoms with E-state index in [4.69, 9.17) is 21.0 Å². The van der Waals surface area contributed by atoms with Gasteiger partial charge in [-0.15, -0.1) is 0 Å². The van der Waals surface area contributed by atoms with Crippen molar-refractivity contribution in [1.82, 2.24) is 9.62 Å². The molecule has 3 aromatic rings. The summed E-state index contributed by atoms with van der Waals surface area (Å²) in [4.78, 5) is 23.4. The molecule has 4 rings (SSSR count). The van der Waals surface area contributed by atoms with Crippen molar-refractivity contribution >= 4 is 38.5 Å². The van der Waals surface area contributed by atoms with Crippen molar-refractivity contribution in [2.24, 2.45) is 5.73 Å². The second-order valence-corrected chi connectivity index (χ2v) is 9.86. The van der Waals surface area contributed by atoms with Gasteiger partial charge in [-0.1, -0.05) is 48.5 Å². The fourth-order valence-corrected chi connectivity index (χ4v) is 4.91. The van der Waals surface area contributed by atoms with Gasteiger partial charge in [0.1, 0.15) is 11.9 Å². The number of alkyl halides is 3. The number of aliphatic carboxylic acids is 1. The molecule has 1 unspecified atom stereocenters. The van der Waals surface area contributed by atoms with E-state index in [1.807, 2.05) is 30.3 Å². The van der Waals surface area contributed by atoms with E-state index in [1.54, 1.807) is 41.3 Å². The average Bonchev–Trinajstić information content (AvgIpc) is 3.17. The van der Waals surface area contributed by atoms with E-state index < -0.39 is 28.2 Å². The molecule has 196 valence electrons. The number of likely N-dealkylation sites (tertiary alicyclic amines) is 1. The van der Waals surface area contributed by atoms with Crippen LogP contribution in [0.3, 0.4) is 0 Å². The number of nitrogens with one attached hydrogen (secondary N) is 2. The van der Waals surface area contributed by atoms with Crippen molar-refractivity contribution < 1.29 is 36.3 Å². The summed E-state index contributed by atoms with van der Waals surface area (Å²) >= 11 is 0. The number of nitrogens with zero attached hydrogens (tertiary/aromatic N) is 1. The lowest BCUT2D eigenvalue weighted by atomic mass is 10.1. The lowest BCUT2D eigenvalue weighted by molar-refractivity contribution is -0.192. The Bertz CT molecular complexity index is 1440. The lowest BCUT2D eigenvalue weighted by Crippen LogP contribution is -2.41. The maximum atomic E-state index is 12.8. The number of nitrogens with two attached hydrogens (primary N) is 1. The van der Waals surface area contributed by atoms with Gasteiger partial charge >= 0.3 is 12.1 Å². The van der Waals surface area contributed by atoms with Crippen LogP contribution in [0.1, 0.15) is 17.5 Å². The van der Waals surface area contributed by atoms with Crippen LogP contribution in [0.5, 0.6) is 0 Å². The molecule has 1 saturated heterocycles. The Balaban J connectivity index is 0.000000479. The molecular weight excluding hydrogens is 513 g/mol. The summed E-state index contributed by atoms with van der Waals surface area (Å²) < 4.78 is 60.0. The van der Waals surface area contributed by atoms with Gasteiger partial charge in [0.15, 0.2) is 0 Å². The first kappa shape index (κ1) is 27.6. The molecule has 1 fully saturated rings. The monoisotopic (exact) mass is 536 g/mol. The SMILES string of the molecule is N=C(N)c1cccc(CN2CCC(NS(=O)(=O)c3ccc4ccccc4c3)C2=O)c1.O=C(O)C(F)(F)F. The van der Waals surface area contributed by atoms with Crippen molar-refractivity contribution in [3.63, 3.8) is 0 Å². The van der Waals surface area contributed by atoms with E-state index in [-0.39, 0.29) is 16.6 Å². The Kier molecular flexibility index (Phi) is 8.18. The first-order chi connectivity index (χ1) is 17.3. The third kappa shape index (κ3) is 7.05. The fourth-order valence-electron chi connectivity index (χ4n) is 3.65. The van der Waals surface area contributed by atoms with Crippen molar-refractivity contribution in [3.05, 3.63) is 77.9 Å². The molecule has 1 aliphatic rings. The van der Waals surface area contributed by atoms with Crippen LogP contribution >= 0.6 is 0 Å². The van der Waals surface area contributed by atoms with Gasteiger partial charge in [0, 0.05) is 18.7 Å². The molecule has 37 heavy (non-hydrogen) atoms. The van der Waals surface area contributed by atoms with E-state index >= 15 is 0 Å². The predicted octanol–water partition coefficient (Wildman–Crippen LogP) is 2.84. The maximum Gasteiger partial charge on any atom is 0.490 e. The zero-order valence-electron chi connectivity index (χ0n) is 19.2. The van der Waals surface area contributed by atoms with Crippen LogP contribution < -0.4 is 10.5 Å². The van der Waals surface area contributed by atoms with Crippen LogP contribution in [0.25, 0.3) is 10.8 Å². The number of hydrogen-bond acceptors (Lipinski definition) is 5. The Labute approximate surface area is 210 Å². The molecule has 3 aromatic carbocycles. The minimum absolute atomic E-state index is 0.0365. The number of carbonyl (C=O) groups excluding carboxylic acids is 1. The number of amides is 1. The van der Waals surface area contributed by atoms with Gasteiger partial charge in [-0.25, -0.2) is 13.2 Å². The molecule has 1 heterocycles. The van der Waals surface area contributed by atoms with Gasteiger partial charge in [0.25, 0.3) is 0 Å². The Morgan fingerprint density at radius 2 is 1.73 bits per heavy atom. The number of halogens is 3. The second kappa shape index (κ2) is 11.0. The molecule has 1 amide bonds. The third-order valence-corrected chi connectivity index (χ3v) is 6.95. The summed E-state index contributed by atoms with van der Waals surface area (Å²) in [5, 5.41) is 16.4. The van der Waals surface area contributed by atoms with E-state index in [0.29, 0.717) is 25.1 Å². The molecule has 0 saturated carbocycles. The van der Waals surface area contributed by atoms with E-state index in [2.05, 4.69) is 4.72 Å². The molecule has 0 aromatic heterocycles. The van der Waals surface area contributed by atoms with Gasteiger partial charge < -0.3 is 15.7 Å². The Hall–Kier alpha value is -3.97. The van der Waals surface area contributed by atoms with Crippen molar-refractivity contribution in [2.75, 3.05) is 6.54 Å². The number of fused-ring (bicyclic) bond motifs is 1. The normalized spacial score (nSPS) is 15.8. The number of rotatable bonds is 6. The summed E-state index contributed by atoms with van der Waals surface area (Å²) in [7, 11) is -3.82. The first-order valence-corrected chi connectivity index (χ1v) is 12.3. The molecule has 0 radical (unpaired) electrons. The predicted molar refractivity (Wildman–Crippen MR) is 129 cm³/mol.